The number of fused-ring (bicyclic) bond motifs is 1. The molecule has 1 aromatic carbocycles. The number of ether oxygens (including phenoxy) is 1. The van der Waals surface area contributed by atoms with Crippen LogP contribution in [0.3, 0.4) is 0 Å². The average Bonchev–Trinajstić information content (AvgIpc) is 3.09. The number of benzene rings is 1. The van der Waals surface area contributed by atoms with Crippen LogP contribution in [0.25, 0.3) is 15.3 Å². The van der Waals surface area contributed by atoms with E-state index in [0.29, 0.717) is 17.4 Å². The number of hydrogen-bond donors (Lipinski definition) is 1. The first kappa shape index (κ1) is 14.5. The van der Waals surface area contributed by atoms with Crippen molar-refractivity contribution in [2.24, 2.45) is 0 Å². The molecular weight excluding hydrogens is 300 g/mol. The molecule has 3 aromatic rings. The molecule has 0 aliphatic heterocycles. The summed E-state index contributed by atoms with van der Waals surface area (Å²) in [7, 11) is 1.63. The first-order valence-corrected chi connectivity index (χ1v) is 7.74. The summed E-state index contributed by atoms with van der Waals surface area (Å²) in [5.74, 6) is 1.35. The molecule has 1 N–H and O–H groups in total. The summed E-state index contributed by atoms with van der Waals surface area (Å²) in [5, 5.41) is 7.99. The van der Waals surface area contributed by atoms with Crippen molar-refractivity contribution in [1.82, 2.24) is 14.8 Å². The van der Waals surface area contributed by atoms with Gasteiger partial charge in [-0.2, -0.15) is 9.78 Å². The number of rotatable bonds is 4. The number of nitrogens with one attached hydrogen (secondary N) is 1. The topological polar surface area (TPSA) is 69.0 Å². The largest absolute Gasteiger partial charge is 0.497 e. The Morgan fingerprint density at radius 3 is 2.95 bits per heavy atom. The Morgan fingerprint density at radius 1 is 1.41 bits per heavy atom. The minimum Gasteiger partial charge on any atom is -0.497 e. The highest BCUT2D eigenvalue weighted by molar-refractivity contribution is 7.20. The van der Waals surface area contributed by atoms with E-state index in [9.17, 15) is 4.79 Å². The van der Waals surface area contributed by atoms with Crippen molar-refractivity contribution in [3.05, 3.63) is 30.0 Å². The number of nitrogens with zero attached hydrogens (tertiary/aromatic N) is 3. The van der Waals surface area contributed by atoms with Crippen LogP contribution in [0, 0.1) is 6.92 Å². The van der Waals surface area contributed by atoms with Crippen LogP contribution >= 0.6 is 11.3 Å². The molecule has 0 saturated carbocycles. The van der Waals surface area contributed by atoms with Gasteiger partial charge in [0, 0.05) is 18.6 Å². The maximum absolute atomic E-state index is 11.6. The maximum Gasteiger partial charge on any atom is 0.225 e. The number of carbonyl (C=O) groups is 1. The second kappa shape index (κ2) is 5.76. The van der Waals surface area contributed by atoms with E-state index in [2.05, 4.69) is 15.4 Å². The van der Waals surface area contributed by atoms with E-state index < -0.39 is 0 Å². The quantitative estimate of drug-likeness (QED) is 0.803. The Balaban J connectivity index is 2.05. The van der Waals surface area contributed by atoms with Crippen LogP contribution in [0.15, 0.2) is 24.3 Å². The fourth-order valence-electron chi connectivity index (χ4n) is 2.08. The highest BCUT2D eigenvalue weighted by atomic mass is 32.1. The van der Waals surface area contributed by atoms with Gasteiger partial charge in [0.05, 0.1) is 23.0 Å². The van der Waals surface area contributed by atoms with Crippen molar-refractivity contribution in [3.63, 3.8) is 0 Å². The van der Waals surface area contributed by atoms with Gasteiger partial charge in [-0.3, -0.25) is 4.79 Å². The van der Waals surface area contributed by atoms with Crippen LogP contribution in [-0.2, 0) is 4.79 Å². The Bertz CT molecular complexity index is 837. The zero-order valence-corrected chi connectivity index (χ0v) is 13.4. The molecular formula is C15H16N4O2S. The molecule has 0 saturated heterocycles. The first-order chi connectivity index (χ1) is 10.6. The van der Waals surface area contributed by atoms with Crippen molar-refractivity contribution < 1.29 is 9.53 Å². The summed E-state index contributed by atoms with van der Waals surface area (Å²) < 4.78 is 7.92. The molecule has 0 aliphatic rings. The molecule has 0 bridgehead atoms. The molecule has 1 amide bonds. The predicted molar refractivity (Wildman–Crippen MR) is 87.0 cm³/mol. The number of thiazole rings is 1. The number of amides is 1. The van der Waals surface area contributed by atoms with E-state index >= 15 is 0 Å². The molecule has 0 fully saturated rings. The van der Waals surface area contributed by atoms with E-state index in [1.165, 1.54) is 11.3 Å². The Morgan fingerprint density at radius 2 is 2.23 bits per heavy atom. The Labute approximate surface area is 131 Å². The van der Waals surface area contributed by atoms with E-state index in [4.69, 9.17) is 4.74 Å². The zero-order valence-electron chi connectivity index (χ0n) is 12.6. The van der Waals surface area contributed by atoms with Crippen molar-refractivity contribution in [2.45, 2.75) is 20.3 Å². The van der Waals surface area contributed by atoms with Crippen molar-refractivity contribution in [2.75, 3.05) is 12.4 Å². The lowest BCUT2D eigenvalue weighted by atomic mass is 10.3. The molecule has 22 heavy (non-hydrogen) atoms. The molecule has 0 atom stereocenters. The van der Waals surface area contributed by atoms with E-state index in [1.54, 1.807) is 11.8 Å². The fraction of sp³-hybridized carbons (Fsp3) is 0.267. The molecule has 2 aromatic heterocycles. The molecule has 0 aliphatic carbocycles. The minimum absolute atomic E-state index is 0.0519. The van der Waals surface area contributed by atoms with Crippen LogP contribution in [0.2, 0.25) is 0 Å². The monoisotopic (exact) mass is 316 g/mol. The molecule has 0 unspecified atom stereocenters. The van der Waals surface area contributed by atoms with Crippen molar-refractivity contribution in [1.29, 1.82) is 0 Å². The summed E-state index contributed by atoms with van der Waals surface area (Å²) in [6.07, 6.45) is 0.418. The third-order valence-corrected chi connectivity index (χ3v) is 4.20. The summed E-state index contributed by atoms with van der Waals surface area (Å²) in [4.78, 5) is 16.2. The van der Waals surface area contributed by atoms with Crippen LogP contribution in [0.4, 0.5) is 5.82 Å². The number of carbonyl (C=O) groups excluding carboxylic acids is 1. The highest BCUT2D eigenvalue weighted by Gasteiger charge is 2.14. The highest BCUT2D eigenvalue weighted by Crippen LogP contribution is 2.29. The SMILES string of the molecule is CCC(=O)Nc1cc(C)nn1-c1nc2cc(OC)ccc2s1. The van der Waals surface area contributed by atoms with E-state index in [-0.39, 0.29) is 5.91 Å². The van der Waals surface area contributed by atoms with Gasteiger partial charge in [-0.25, -0.2) is 4.98 Å². The second-order valence-corrected chi connectivity index (χ2v) is 5.82. The second-order valence-electron chi connectivity index (χ2n) is 4.81. The Kier molecular flexibility index (Phi) is 3.81. The number of anilines is 1. The average molecular weight is 316 g/mol. The summed E-state index contributed by atoms with van der Waals surface area (Å²) in [6.45, 7) is 3.70. The van der Waals surface area contributed by atoms with Gasteiger partial charge < -0.3 is 10.1 Å². The maximum atomic E-state index is 11.6. The molecule has 0 radical (unpaired) electrons. The predicted octanol–water partition coefficient (Wildman–Crippen LogP) is 3.15. The molecule has 114 valence electrons. The molecule has 0 spiro atoms. The lowest BCUT2D eigenvalue weighted by Gasteiger charge is -2.04. The van der Waals surface area contributed by atoms with Crippen LogP contribution in [0.5, 0.6) is 5.75 Å². The number of hydrogen-bond acceptors (Lipinski definition) is 5. The van der Waals surface area contributed by atoms with Crippen LogP contribution < -0.4 is 10.1 Å². The molecule has 3 rings (SSSR count). The van der Waals surface area contributed by atoms with Crippen molar-refractivity contribution in [3.8, 4) is 10.9 Å². The van der Waals surface area contributed by atoms with Gasteiger partial charge in [0.25, 0.3) is 0 Å². The number of aromatic nitrogens is 3. The van der Waals surface area contributed by atoms with Gasteiger partial charge in [0.2, 0.25) is 11.0 Å². The molecule has 7 heteroatoms. The summed E-state index contributed by atoms with van der Waals surface area (Å²) >= 11 is 1.51. The van der Waals surface area contributed by atoms with E-state index in [1.807, 2.05) is 38.1 Å². The first-order valence-electron chi connectivity index (χ1n) is 6.92. The van der Waals surface area contributed by atoms with Gasteiger partial charge in [0.15, 0.2) is 0 Å². The van der Waals surface area contributed by atoms with Gasteiger partial charge in [-0.05, 0) is 19.1 Å². The van der Waals surface area contributed by atoms with Crippen molar-refractivity contribution >= 4 is 33.3 Å². The van der Waals surface area contributed by atoms with Crippen LogP contribution in [-0.4, -0.2) is 27.8 Å². The lowest BCUT2D eigenvalue weighted by molar-refractivity contribution is -0.115. The Hall–Kier alpha value is -2.41. The normalized spacial score (nSPS) is 10.9. The van der Waals surface area contributed by atoms with E-state index in [0.717, 1.165) is 21.7 Å². The zero-order chi connectivity index (χ0) is 15.7. The summed E-state index contributed by atoms with van der Waals surface area (Å²) in [5.41, 5.74) is 1.67. The fourth-order valence-corrected chi connectivity index (χ4v) is 2.99. The molecule has 2 heterocycles. The smallest absolute Gasteiger partial charge is 0.225 e. The van der Waals surface area contributed by atoms with Gasteiger partial charge >= 0.3 is 0 Å². The standard InChI is InChI=1S/C15H16N4O2S/c1-4-14(20)17-13-7-9(2)18-19(13)15-16-11-8-10(21-3)5-6-12(11)22-15/h5-8H,4H2,1-3H3,(H,17,20). The van der Waals surface area contributed by atoms with Gasteiger partial charge in [-0.1, -0.05) is 18.3 Å². The number of aryl methyl sites for hydroxylation is 1. The third-order valence-electron chi connectivity index (χ3n) is 3.18. The summed E-state index contributed by atoms with van der Waals surface area (Å²) in [6, 6.07) is 7.59. The minimum atomic E-state index is -0.0519. The molecule has 6 nitrogen and oxygen atoms in total. The van der Waals surface area contributed by atoms with Gasteiger partial charge in [0.1, 0.15) is 11.6 Å². The lowest BCUT2D eigenvalue weighted by Crippen LogP contribution is -2.13. The van der Waals surface area contributed by atoms with Gasteiger partial charge in [-0.15, -0.1) is 0 Å². The number of methoxy groups -OCH3 is 1. The van der Waals surface area contributed by atoms with Crippen LogP contribution in [0.1, 0.15) is 19.0 Å². The third kappa shape index (κ3) is 2.67.